The number of nitrogens with one attached hydrogen (secondary N) is 2. The van der Waals surface area contributed by atoms with Crippen LogP contribution in [-0.2, 0) is 14.4 Å². The van der Waals surface area contributed by atoms with E-state index in [0.29, 0.717) is 32.5 Å². The molecule has 0 spiro atoms. The van der Waals surface area contributed by atoms with Gasteiger partial charge in [-0.2, -0.15) is 0 Å². The van der Waals surface area contributed by atoms with Crippen molar-refractivity contribution in [1.29, 1.82) is 0 Å². The molecule has 5 rings (SSSR count). The molecule has 1 heterocycles. The van der Waals surface area contributed by atoms with Crippen LogP contribution in [0.1, 0.15) is 22.3 Å². The number of imide groups is 1. The Labute approximate surface area is 281 Å². The molecule has 0 unspecified atom stereocenters. The molecule has 8 nitrogen and oxygen atoms in total. The Hall–Kier alpha value is -4.09. The zero-order valence-corrected chi connectivity index (χ0v) is 27.5. The van der Waals surface area contributed by atoms with Crippen molar-refractivity contribution in [3.8, 4) is 5.75 Å². The molecule has 45 heavy (non-hydrogen) atoms. The summed E-state index contributed by atoms with van der Waals surface area (Å²) < 4.78 is 6.11. The Morgan fingerprint density at radius 3 is 2.49 bits per heavy atom. The number of carbonyl (C=O) groups is 4. The highest BCUT2D eigenvalue weighted by Gasteiger charge is 2.41. The number of hydrogen-bond donors (Lipinski definition) is 2. The second kappa shape index (κ2) is 14.3. The van der Waals surface area contributed by atoms with E-state index in [9.17, 15) is 19.2 Å². The van der Waals surface area contributed by atoms with Gasteiger partial charge in [0.2, 0.25) is 11.8 Å². The van der Waals surface area contributed by atoms with E-state index < -0.39 is 23.0 Å². The van der Waals surface area contributed by atoms with Crippen molar-refractivity contribution in [3.05, 3.63) is 122 Å². The van der Waals surface area contributed by atoms with Crippen molar-refractivity contribution in [2.75, 3.05) is 17.3 Å². The van der Waals surface area contributed by atoms with E-state index in [0.717, 1.165) is 9.37 Å². The van der Waals surface area contributed by atoms with Gasteiger partial charge in [0, 0.05) is 27.6 Å². The van der Waals surface area contributed by atoms with Crippen LogP contribution in [0.3, 0.4) is 0 Å². The van der Waals surface area contributed by atoms with Crippen molar-refractivity contribution < 1.29 is 23.9 Å². The van der Waals surface area contributed by atoms with E-state index in [-0.39, 0.29) is 28.7 Å². The number of hydrogen-bond acceptors (Lipinski definition) is 6. The molecule has 0 bridgehead atoms. The van der Waals surface area contributed by atoms with Crippen molar-refractivity contribution in [1.82, 2.24) is 5.32 Å². The zero-order valence-electron chi connectivity index (χ0n) is 23.6. The number of thioether (sulfide) groups is 1. The largest absolute Gasteiger partial charge is 0.496 e. The molecule has 0 saturated carbocycles. The zero-order chi connectivity index (χ0) is 32.1. The minimum absolute atomic E-state index is 0.00154. The number of rotatable bonds is 9. The van der Waals surface area contributed by atoms with E-state index in [1.165, 1.54) is 31.0 Å². The topological polar surface area (TPSA) is 105 Å². The number of nitrogens with zero attached hydrogens (tertiary/aromatic N) is 1. The molecule has 0 radical (unpaired) electrons. The van der Waals surface area contributed by atoms with Gasteiger partial charge in [-0.25, -0.2) is 4.90 Å². The molecule has 228 valence electrons. The van der Waals surface area contributed by atoms with Gasteiger partial charge in [-0.1, -0.05) is 53.5 Å². The molecule has 1 aliphatic heterocycles. The number of halogens is 3. The number of amides is 4. The smallest absolute Gasteiger partial charge is 0.272 e. The second-order valence-electron chi connectivity index (χ2n) is 9.73. The predicted molar refractivity (Wildman–Crippen MR) is 181 cm³/mol. The first-order chi connectivity index (χ1) is 21.6. The summed E-state index contributed by atoms with van der Waals surface area (Å²) in [7, 11) is 1.53. The molecule has 4 amide bonds. The maximum absolute atomic E-state index is 13.5. The third-order valence-corrected chi connectivity index (χ3v) is 9.01. The quantitative estimate of drug-likeness (QED) is 0.136. The molecular weight excluding hydrogens is 701 g/mol. The Bertz CT molecular complexity index is 1840. The SMILES string of the molecule is COc1cc(/C=C(\NC(=O)c2ccccc2)C(=O)Nc2cccc(S[C@@H]3CC(=O)N(c4ccc(Cl)cc4Cl)C3=O)c2)ccc1Br. The molecule has 4 aromatic rings. The minimum atomic E-state index is -0.691. The van der Waals surface area contributed by atoms with Crippen molar-refractivity contribution in [3.63, 3.8) is 0 Å². The van der Waals surface area contributed by atoms with Crippen LogP contribution >= 0.6 is 50.9 Å². The summed E-state index contributed by atoms with van der Waals surface area (Å²) in [6.07, 6.45) is 1.52. The summed E-state index contributed by atoms with van der Waals surface area (Å²) in [5.41, 5.74) is 1.70. The predicted octanol–water partition coefficient (Wildman–Crippen LogP) is 7.60. The molecule has 2 N–H and O–H groups in total. The van der Waals surface area contributed by atoms with Gasteiger partial charge in [-0.3, -0.25) is 19.2 Å². The fourth-order valence-corrected chi connectivity index (χ4v) is 6.51. The van der Waals surface area contributed by atoms with E-state index in [1.54, 1.807) is 84.9 Å². The number of anilines is 2. The second-order valence-corrected chi connectivity index (χ2v) is 12.7. The number of ether oxygens (including phenoxy) is 1. The minimum Gasteiger partial charge on any atom is -0.496 e. The van der Waals surface area contributed by atoms with E-state index in [4.69, 9.17) is 27.9 Å². The van der Waals surface area contributed by atoms with Crippen LogP contribution in [0.15, 0.2) is 106 Å². The standard InChI is InChI=1S/C33H24BrCl2N3O5S/c1-44-28-15-19(10-12-24(28)34)14-26(38-31(41)20-6-3-2-4-7-20)32(42)37-22-8-5-9-23(17-22)45-29-18-30(40)39(33(29)43)27-13-11-21(35)16-25(27)36/h2-17,29H,18H2,1H3,(H,37,42)(H,38,41)/b26-14-/t29-/m1/s1. The van der Waals surface area contributed by atoms with E-state index >= 15 is 0 Å². The van der Waals surface area contributed by atoms with Gasteiger partial charge in [0.1, 0.15) is 11.4 Å². The van der Waals surface area contributed by atoms with Gasteiger partial charge in [0.15, 0.2) is 0 Å². The third-order valence-electron chi connectivity index (χ3n) is 6.64. The van der Waals surface area contributed by atoms with Crippen molar-refractivity contribution in [2.45, 2.75) is 16.6 Å². The van der Waals surface area contributed by atoms with Gasteiger partial charge < -0.3 is 15.4 Å². The molecule has 4 aromatic carbocycles. The highest BCUT2D eigenvalue weighted by Crippen LogP contribution is 2.38. The van der Waals surface area contributed by atoms with Crippen LogP contribution in [0.5, 0.6) is 5.75 Å². The molecule has 12 heteroatoms. The first kappa shape index (κ1) is 32.3. The Morgan fingerprint density at radius 2 is 1.76 bits per heavy atom. The third kappa shape index (κ3) is 7.77. The first-order valence-electron chi connectivity index (χ1n) is 13.4. The average Bonchev–Trinajstić information content (AvgIpc) is 3.29. The Morgan fingerprint density at radius 1 is 0.978 bits per heavy atom. The van der Waals surface area contributed by atoms with E-state index in [2.05, 4.69) is 26.6 Å². The summed E-state index contributed by atoms with van der Waals surface area (Å²) >= 11 is 16.9. The summed E-state index contributed by atoms with van der Waals surface area (Å²) in [6.45, 7) is 0. The molecule has 1 aliphatic rings. The van der Waals surface area contributed by atoms with Crippen LogP contribution in [0.25, 0.3) is 6.08 Å². The van der Waals surface area contributed by atoms with Crippen molar-refractivity contribution in [2.24, 2.45) is 0 Å². The summed E-state index contributed by atoms with van der Waals surface area (Å²) in [6, 6.07) is 25.3. The molecule has 0 aromatic heterocycles. The lowest BCUT2D eigenvalue weighted by Gasteiger charge is -2.17. The van der Waals surface area contributed by atoms with Crippen LogP contribution in [0.2, 0.25) is 10.0 Å². The maximum Gasteiger partial charge on any atom is 0.272 e. The molecule has 1 atom stereocenters. The lowest BCUT2D eigenvalue weighted by Crippen LogP contribution is -2.31. The van der Waals surface area contributed by atoms with Crippen LogP contribution in [0.4, 0.5) is 11.4 Å². The van der Waals surface area contributed by atoms with E-state index in [1.807, 2.05) is 0 Å². The summed E-state index contributed by atoms with van der Waals surface area (Å²) in [4.78, 5) is 54.3. The van der Waals surface area contributed by atoms with Gasteiger partial charge in [-0.15, -0.1) is 11.8 Å². The molecule has 0 aliphatic carbocycles. The highest BCUT2D eigenvalue weighted by molar-refractivity contribution is 9.10. The number of carbonyl (C=O) groups excluding carboxylic acids is 4. The number of methoxy groups -OCH3 is 1. The number of benzene rings is 4. The Balaban J connectivity index is 1.35. The summed E-state index contributed by atoms with van der Waals surface area (Å²) in [5, 5.41) is 5.43. The Kier molecular flexibility index (Phi) is 10.3. The fraction of sp³-hybridized carbons (Fsp3) is 0.0909. The maximum atomic E-state index is 13.5. The van der Waals surface area contributed by atoms with Crippen LogP contribution in [0, 0.1) is 0 Å². The van der Waals surface area contributed by atoms with Gasteiger partial charge in [0.05, 0.1) is 27.5 Å². The van der Waals surface area contributed by atoms with Crippen LogP contribution < -0.4 is 20.3 Å². The van der Waals surface area contributed by atoms with Gasteiger partial charge >= 0.3 is 0 Å². The first-order valence-corrected chi connectivity index (χ1v) is 15.9. The van der Waals surface area contributed by atoms with Crippen molar-refractivity contribution >= 4 is 92.0 Å². The fourth-order valence-electron chi connectivity index (χ4n) is 4.50. The summed E-state index contributed by atoms with van der Waals surface area (Å²) in [5.74, 6) is -1.25. The highest BCUT2D eigenvalue weighted by atomic mass is 79.9. The normalized spacial score (nSPS) is 14.8. The van der Waals surface area contributed by atoms with Gasteiger partial charge in [0.25, 0.3) is 11.8 Å². The monoisotopic (exact) mass is 723 g/mol. The molecular formula is C33H24BrCl2N3O5S. The average molecular weight is 725 g/mol. The molecule has 1 saturated heterocycles. The molecule has 1 fully saturated rings. The van der Waals surface area contributed by atoms with Gasteiger partial charge in [-0.05, 0) is 88.2 Å². The lowest BCUT2D eigenvalue weighted by molar-refractivity contribution is -0.121. The van der Waals surface area contributed by atoms with Crippen LogP contribution in [-0.4, -0.2) is 36.0 Å². The lowest BCUT2D eigenvalue weighted by atomic mass is 10.1.